The van der Waals surface area contributed by atoms with Gasteiger partial charge in [-0.1, -0.05) is 30.3 Å². The molecule has 3 rings (SSSR count). The molecule has 3 atom stereocenters. The van der Waals surface area contributed by atoms with E-state index < -0.39 is 50.7 Å². The molecule has 6 nitrogen and oxygen atoms in total. The van der Waals surface area contributed by atoms with E-state index in [-0.39, 0.29) is 5.56 Å². The number of amides is 1. The van der Waals surface area contributed by atoms with E-state index in [2.05, 4.69) is 10.6 Å². The molecule has 0 saturated heterocycles. The Morgan fingerprint density at radius 1 is 1.24 bits per heavy atom. The van der Waals surface area contributed by atoms with Crippen molar-refractivity contribution in [3.8, 4) is 6.07 Å². The summed E-state index contributed by atoms with van der Waals surface area (Å²) in [6.45, 7) is 0. The van der Waals surface area contributed by atoms with Crippen LogP contribution in [0.3, 0.4) is 0 Å². The molecule has 2 saturated carbocycles. The summed E-state index contributed by atoms with van der Waals surface area (Å²) >= 11 is 0. The molecule has 2 N–H and O–H groups in total. The number of alkyl halides is 3. The Hall–Kier alpha value is -2.12. The zero-order valence-corrected chi connectivity index (χ0v) is 16.6. The van der Waals surface area contributed by atoms with Gasteiger partial charge in [0.15, 0.2) is 9.84 Å². The monoisotopic (exact) mass is 429 g/mol. The predicted octanol–water partition coefficient (Wildman–Crippen LogP) is 2.24. The largest absolute Gasteiger partial charge is 0.407 e. The van der Waals surface area contributed by atoms with Crippen LogP contribution in [0.1, 0.15) is 37.3 Å². The molecular formula is C19H22F3N3O3S. The van der Waals surface area contributed by atoms with E-state index in [9.17, 15) is 31.6 Å². The number of nitrogens with one attached hydrogen (secondary N) is 2. The fraction of sp³-hybridized carbons (Fsp3) is 0.579. The molecule has 1 aromatic rings. The van der Waals surface area contributed by atoms with Crippen LogP contribution >= 0.6 is 0 Å². The SMILES string of the molecule is CS(=O)(=O)C(C1CC1)C(N[C@@H](c1ccccc1)C(F)(F)F)C(=O)NC1(C#N)CC1. The summed E-state index contributed by atoms with van der Waals surface area (Å²) in [7, 11) is -3.83. The summed E-state index contributed by atoms with van der Waals surface area (Å²) in [6.07, 6.45) is -2.01. The highest BCUT2D eigenvalue weighted by molar-refractivity contribution is 7.91. The van der Waals surface area contributed by atoms with Gasteiger partial charge in [-0.05, 0) is 37.2 Å². The lowest BCUT2D eigenvalue weighted by atomic mass is 10.0. The highest BCUT2D eigenvalue weighted by Crippen LogP contribution is 2.41. The second-order valence-electron chi connectivity index (χ2n) is 7.84. The Morgan fingerprint density at radius 3 is 2.24 bits per heavy atom. The number of hydrogen-bond acceptors (Lipinski definition) is 5. The Kier molecular flexibility index (Phi) is 5.66. The number of sulfone groups is 1. The summed E-state index contributed by atoms with van der Waals surface area (Å²) in [6, 6.07) is 5.07. The van der Waals surface area contributed by atoms with Crippen LogP contribution in [-0.2, 0) is 14.6 Å². The van der Waals surface area contributed by atoms with E-state index >= 15 is 0 Å². The molecule has 0 radical (unpaired) electrons. The maximum Gasteiger partial charge on any atom is 0.407 e. The number of benzene rings is 1. The van der Waals surface area contributed by atoms with Crippen molar-refractivity contribution in [2.45, 2.75) is 54.7 Å². The van der Waals surface area contributed by atoms with Crippen LogP contribution in [0.25, 0.3) is 0 Å². The molecule has 2 fully saturated rings. The first-order valence-electron chi connectivity index (χ1n) is 9.27. The summed E-state index contributed by atoms with van der Waals surface area (Å²) in [5.41, 5.74) is -1.24. The smallest absolute Gasteiger partial charge is 0.336 e. The van der Waals surface area contributed by atoms with Crippen molar-refractivity contribution in [3.63, 3.8) is 0 Å². The third-order valence-electron chi connectivity index (χ3n) is 5.32. The average Bonchev–Trinajstić information content (AvgIpc) is 3.53. The molecule has 2 aliphatic rings. The summed E-state index contributed by atoms with van der Waals surface area (Å²) in [5, 5.41) is 12.7. The van der Waals surface area contributed by atoms with E-state index in [0.717, 1.165) is 6.26 Å². The van der Waals surface area contributed by atoms with Crippen molar-refractivity contribution < 1.29 is 26.4 Å². The number of nitrogens with zero attached hydrogens (tertiary/aromatic N) is 1. The topological polar surface area (TPSA) is 99.1 Å². The molecule has 1 aromatic carbocycles. The lowest BCUT2D eigenvalue weighted by molar-refractivity contribution is -0.161. The zero-order valence-electron chi connectivity index (χ0n) is 15.7. The van der Waals surface area contributed by atoms with Gasteiger partial charge in [-0.25, -0.2) is 8.42 Å². The lowest BCUT2D eigenvalue weighted by Crippen LogP contribution is -2.58. The third-order valence-corrected chi connectivity index (χ3v) is 6.97. The van der Waals surface area contributed by atoms with Crippen LogP contribution in [0.5, 0.6) is 0 Å². The van der Waals surface area contributed by atoms with Crippen molar-refractivity contribution in [3.05, 3.63) is 35.9 Å². The molecule has 1 amide bonds. The van der Waals surface area contributed by atoms with Crippen molar-refractivity contribution in [1.82, 2.24) is 10.6 Å². The molecule has 0 heterocycles. The standard InChI is InChI=1S/C19H22F3N3O3S/c1-29(27,28)15(12-7-8-12)14(17(26)25-18(11-23)9-10-18)24-16(19(20,21)22)13-5-3-2-4-6-13/h2-6,12,14-16,24H,7-10H2,1H3,(H,25,26)/t14?,15?,16-/m0/s1. The second kappa shape index (κ2) is 7.61. The zero-order chi connectivity index (χ0) is 21.4. The van der Waals surface area contributed by atoms with Crippen LogP contribution in [0.4, 0.5) is 13.2 Å². The minimum Gasteiger partial charge on any atom is -0.336 e. The second-order valence-corrected chi connectivity index (χ2v) is 10.0. The minimum atomic E-state index is -4.75. The Balaban J connectivity index is 1.97. The van der Waals surface area contributed by atoms with Crippen molar-refractivity contribution >= 4 is 15.7 Å². The summed E-state index contributed by atoms with van der Waals surface area (Å²) in [5.74, 6) is -1.29. The fourth-order valence-corrected chi connectivity index (χ4v) is 5.19. The number of carbonyl (C=O) groups is 1. The highest BCUT2D eigenvalue weighted by atomic mass is 32.2. The fourth-order valence-electron chi connectivity index (χ4n) is 3.52. The number of nitriles is 1. The Bertz CT molecular complexity index is 904. The first-order chi connectivity index (χ1) is 13.5. The van der Waals surface area contributed by atoms with E-state index in [1.165, 1.54) is 24.3 Å². The molecule has 0 aromatic heterocycles. The van der Waals surface area contributed by atoms with E-state index in [4.69, 9.17) is 0 Å². The van der Waals surface area contributed by atoms with Gasteiger partial charge in [-0.2, -0.15) is 18.4 Å². The molecule has 0 aliphatic heterocycles. The quantitative estimate of drug-likeness (QED) is 0.660. The average molecular weight is 429 g/mol. The van der Waals surface area contributed by atoms with Crippen LogP contribution in [0.15, 0.2) is 30.3 Å². The van der Waals surface area contributed by atoms with Gasteiger partial charge in [-0.15, -0.1) is 0 Å². The third kappa shape index (κ3) is 5.08. The van der Waals surface area contributed by atoms with Crippen molar-refractivity contribution in [2.75, 3.05) is 6.26 Å². The summed E-state index contributed by atoms with van der Waals surface area (Å²) in [4.78, 5) is 12.9. The molecule has 0 spiro atoms. The number of hydrogen-bond donors (Lipinski definition) is 2. The van der Waals surface area contributed by atoms with Gasteiger partial charge >= 0.3 is 6.18 Å². The van der Waals surface area contributed by atoms with Gasteiger partial charge in [0.25, 0.3) is 0 Å². The number of rotatable bonds is 8. The number of halogens is 3. The molecule has 158 valence electrons. The first-order valence-corrected chi connectivity index (χ1v) is 11.2. The van der Waals surface area contributed by atoms with Crippen LogP contribution < -0.4 is 10.6 Å². The van der Waals surface area contributed by atoms with Crippen LogP contribution in [-0.4, -0.2) is 43.6 Å². The lowest BCUT2D eigenvalue weighted by Gasteiger charge is -2.32. The van der Waals surface area contributed by atoms with E-state index in [1.807, 2.05) is 6.07 Å². The molecule has 2 aliphatic carbocycles. The van der Waals surface area contributed by atoms with E-state index in [0.29, 0.717) is 25.7 Å². The van der Waals surface area contributed by atoms with Gasteiger partial charge in [0.2, 0.25) is 5.91 Å². The predicted molar refractivity (Wildman–Crippen MR) is 99.2 cm³/mol. The highest BCUT2D eigenvalue weighted by Gasteiger charge is 2.53. The normalized spacial score (nSPS) is 21.5. The van der Waals surface area contributed by atoms with Crippen LogP contribution in [0.2, 0.25) is 0 Å². The molecule has 2 unspecified atom stereocenters. The summed E-state index contributed by atoms with van der Waals surface area (Å²) < 4.78 is 66.3. The van der Waals surface area contributed by atoms with Gasteiger partial charge in [0, 0.05) is 6.26 Å². The van der Waals surface area contributed by atoms with Crippen LogP contribution in [0, 0.1) is 17.2 Å². The maximum atomic E-state index is 13.8. The van der Waals surface area contributed by atoms with Gasteiger partial charge < -0.3 is 5.32 Å². The van der Waals surface area contributed by atoms with Crippen molar-refractivity contribution in [2.24, 2.45) is 5.92 Å². The van der Waals surface area contributed by atoms with Gasteiger partial charge in [0.05, 0.1) is 11.3 Å². The number of carbonyl (C=O) groups excluding carboxylic acids is 1. The van der Waals surface area contributed by atoms with E-state index in [1.54, 1.807) is 6.07 Å². The minimum absolute atomic E-state index is 0.123. The molecular weight excluding hydrogens is 407 g/mol. The molecule has 0 bridgehead atoms. The first kappa shape index (κ1) is 21.6. The molecule has 29 heavy (non-hydrogen) atoms. The van der Waals surface area contributed by atoms with Crippen molar-refractivity contribution in [1.29, 1.82) is 5.26 Å². The molecule has 10 heteroatoms. The van der Waals surface area contributed by atoms with Gasteiger partial charge in [0.1, 0.15) is 17.6 Å². The Morgan fingerprint density at radius 2 is 1.83 bits per heavy atom. The van der Waals surface area contributed by atoms with Gasteiger partial charge in [-0.3, -0.25) is 10.1 Å². The maximum absolute atomic E-state index is 13.8. The Labute approximate surface area is 167 Å².